The number of aliphatic hydroxyl groups is 1. The zero-order valence-electron chi connectivity index (χ0n) is 21.0. The Labute approximate surface area is 209 Å². The SMILES string of the molecule is COc1ccc(/C(O)=C2\C(=O)C(=O)N(c3ccc(C)c(C)c3)C2c2c(C)[nH]c3ccccc23)cc1C. The number of H-pyrrole nitrogens is 1. The third-order valence-electron chi connectivity index (χ3n) is 7.10. The summed E-state index contributed by atoms with van der Waals surface area (Å²) in [6.07, 6.45) is 0. The van der Waals surface area contributed by atoms with Gasteiger partial charge in [-0.05, 0) is 80.8 Å². The molecule has 6 heteroatoms. The van der Waals surface area contributed by atoms with Gasteiger partial charge in [0, 0.05) is 33.4 Å². The smallest absolute Gasteiger partial charge is 0.300 e. The normalized spacial score (nSPS) is 17.2. The number of nitrogens with zero attached hydrogens (tertiary/aromatic N) is 1. The average Bonchev–Trinajstić information content (AvgIpc) is 3.32. The molecule has 0 spiro atoms. The molecule has 0 radical (unpaired) electrons. The first-order valence-corrected chi connectivity index (χ1v) is 11.8. The molecule has 5 rings (SSSR count). The van der Waals surface area contributed by atoms with Crippen molar-refractivity contribution in [2.24, 2.45) is 0 Å². The van der Waals surface area contributed by atoms with Crippen LogP contribution in [0, 0.1) is 27.7 Å². The molecule has 1 unspecified atom stereocenters. The van der Waals surface area contributed by atoms with E-state index in [1.165, 1.54) is 4.90 Å². The Morgan fingerprint density at radius 3 is 2.36 bits per heavy atom. The summed E-state index contributed by atoms with van der Waals surface area (Å²) in [6.45, 7) is 7.76. The molecule has 4 aromatic rings. The Morgan fingerprint density at radius 2 is 1.67 bits per heavy atom. The molecule has 182 valence electrons. The van der Waals surface area contributed by atoms with Crippen molar-refractivity contribution in [1.29, 1.82) is 0 Å². The number of amides is 1. The molecule has 0 saturated carbocycles. The van der Waals surface area contributed by atoms with Crippen LogP contribution in [0.3, 0.4) is 0 Å². The number of methoxy groups -OCH3 is 1. The van der Waals surface area contributed by atoms with E-state index >= 15 is 0 Å². The zero-order chi connectivity index (χ0) is 25.7. The van der Waals surface area contributed by atoms with Crippen LogP contribution in [-0.4, -0.2) is 28.9 Å². The first-order valence-electron chi connectivity index (χ1n) is 11.8. The maximum absolute atomic E-state index is 13.6. The fraction of sp³-hybridized carbons (Fsp3) is 0.200. The van der Waals surface area contributed by atoms with Crippen molar-refractivity contribution in [3.63, 3.8) is 0 Å². The highest BCUT2D eigenvalue weighted by Gasteiger charge is 2.48. The number of anilines is 1. The second-order valence-corrected chi connectivity index (χ2v) is 9.33. The maximum Gasteiger partial charge on any atom is 0.300 e. The van der Waals surface area contributed by atoms with Crippen LogP contribution in [0.4, 0.5) is 5.69 Å². The van der Waals surface area contributed by atoms with Crippen molar-refractivity contribution in [1.82, 2.24) is 4.98 Å². The van der Waals surface area contributed by atoms with Gasteiger partial charge in [-0.3, -0.25) is 14.5 Å². The molecule has 36 heavy (non-hydrogen) atoms. The number of carbonyl (C=O) groups excluding carboxylic acids is 2. The number of rotatable bonds is 4. The van der Waals surface area contributed by atoms with Crippen molar-refractivity contribution in [2.75, 3.05) is 12.0 Å². The summed E-state index contributed by atoms with van der Waals surface area (Å²) in [5, 5.41) is 12.4. The Balaban J connectivity index is 1.81. The fourth-order valence-corrected chi connectivity index (χ4v) is 5.08. The summed E-state index contributed by atoms with van der Waals surface area (Å²) < 4.78 is 5.35. The molecule has 1 fully saturated rings. The van der Waals surface area contributed by atoms with Crippen LogP contribution in [0.2, 0.25) is 0 Å². The monoisotopic (exact) mass is 480 g/mol. The maximum atomic E-state index is 13.6. The number of aromatic amines is 1. The Bertz CT molecular complexity index is 1580. The number of hydrogen-bond acceptors (Lipinski definition) is 4. The van der Waals surface area contributed by atoms with E-state index in [1.54, 1.807) is 25.3 Å². The number of Topliss-reactive ketones (excluding diaryl/α,β-unsaturated/α-hetero) is 1. The average molecular weight is 481 g/mol. The van der Waals surface area contributed by atoms with Crippen LogP contribution in [0.1, 0.15) is 39.6 Å². The molecule has 0 aliphatic carbocycles. The van der Waals surface area contributed by atoms with E-state index in [0.717, 1.165) is 38.9 Å². The van der Waals surface area contributed by atoms with Gasteiger partial charge in [0.2, 0.25) is 0 Å². The van der Waals surface area contributed by atoms with E-state index in [4.69, 9.17) is 4.74 Å². The van der Waals surface area contributed by atoms with Crippen LogP contribution < -0.4 is 9.64 Å². The standard InChI is InChI=1S/C30H28N2O4/c1-16-10-12-21(15-17(16)2)32-27(25-19(4)31-23-9-7-6-8-22(23)25)26(29(34)30(32)35)28(33)20-11-13-24(36-5)18(3)14-20/h6-15,27,31,33H,1-5H3/b28-26+. The Morgan fingerprint density at radius 1 is 0.917 bits per heavy atom. The van der Waals surface area contributed by atoms with E-state index in [9.17, 15) is 14.7 Å². The molecule has 2 N–H and O–H groups in total. The van der Waals surface area contributed by atoms with Gasteiger partial charge < -0.3 is 14.8 Å². The van der Waals surface area contributed by atoms with Crippen molar-refractivity contribution in [3.8, 4) is 5.75 Å². The predicted octanol–water partition coefficient (Wildman–Crippen LogP) is 6.04. The Kier molecular flexibility index (Phi) is 5.67. The number of hydrogen-bond donors (Lipinski definition) is 2. The number of aliphatic hydroxyl groups excluding tert-OH is 1. The van der Waals surface area contributed by atoms with E-state index < -0.39 is 17.7 Å². The molecule has 1 saturated heterocycles. The molecule has 1 aliphatic rings. The number of para-hydroxylation sites is 1. The topological polar surface area (TPSA) is 82.6 Å². The minimum Gasteiger partial charge on any atom is -0.507 e. The van der Waals surface area contributed by atoms with Gasteiger partial charge in [-0.15, -0.1) is 0 Å². The van der Waals surface area contributed by atoms with Crippen LogP contribution >= 0.6 is 0 Å². The van der Waals surface area contributed by atoms with Crippen LogP contribution in [0.5, 0.6) is 5.75 Å². The lowest BCUT2D eigenvalue weighted by Crippen LogP contribution is -2.29. The quantitative estimate of drug-likeness (QED) is 0.212. The van der Waals surface area contributed by atoms with E-state index in [0.29, 0.717) is 17.0 Å². The predicted molar refractivity (Wildman–Crippen MR) is 141 cm³/mol. The third kappa shape index (κ3) is 3.57. The fourth-order valence-electron chi connectivity index (χ4n) is 5.08. The minimum absolute atomic E-state index is 0.0654. The van der Waals surface area contributed by atoms with Gasteiger partial charge in [-0.1, -0.05) is 24.3 Å². The van der Waals surface area contributed by atoms with Crippen molar-refractivity contribution >= 4 is 34.0 Å². The Hall–Kier alpha value is -4.32. The number of aromatic nitrogens is 1. The molecule has 6 nitrogen and oxygen atoms in total. The van der Waals surface area contributed by atoms with Crippen LogP contribution in [-0.2, 0) is 9.59 Å². The number of ether oxygens (including phenoxy) is 1. The number of carbonyl (C=O) groups is 2. The first kappa shape index (κ1) is 23.4. The van der Waals surface area contributed by atoms with Gasteiger partial charge in [0.25, 0.3) is 11.7 Å². The number of fused-ring (bicyclic) bond motifs is 1. The molecule has 1 atom stereocenters. The summed E-state index contributed by atoms with van der Waals surface area (Å²) in [5.74, 6) is -0.917. The number of ketones is 1. The summed E-state index contributed by atoms with van der Waals surface area (Å²) in [4.78, 5) is 32.0. The molecule has 1 amide bonds. The number of nitrogens with one attached hydrogen (secondary N) is 1. The second kappa shape index (κ2) is 8.72. The number of benzene rings is 3. The molecule has 0 bridgehead atoms. The van der Waals surface area contributed by atoms with Crippen molar-refractivity contribution in [2.45, 2.75) is 33.7 Å². The summed E-state index contributed by atoms with van der Waals surface area (Å²) in [6, 6.07) is 17.9. The van der Waals surface area contributed by atoms with Gasteiger partial charge in [-0.2, -0.15) is 0 Å². The highest BCUT2D eigenvalue weighted by Crippen LogP contribution is 2.45. The molecular formula is C30H28N2O4. The van der Waals surface area contributed by atoms with Gasteiger partial charge in [-0.25, -0.2) is 0 Å². The minimum atomic E-state index is -0.800. The zero-order valence-corrected chi connectivity index (χ0v) is 21.0. The first-order chi connectivity index (χ1) is 17.2. The summed E-state index contributed by atoms with van der Waals surface area (Å²) >= 11 is 0. The molecule has 1 aliphatic heterocycles. The largest absolute Gasteiger partial charge is 0.507 e. The highest BCUT2D eigenvalue weighted by atomic mass is 16.5. The second-order valence-electron chi connectivity index (χ2n) is 9.33. The van der Waals surface area contributed by atoms with E-state index in [-0.39, 0.29) is 11.3 Å². The van der Waals surface area contributed by atoms with Crippen LogP contribution in [0.25, 0.3) is 16.7 Å². The van der Waals surface area contributed by atoms with Crippen molar-refractivity contribution < 1.29 is 19.4 Å². The number of aryl methyl sites for hydroxylation is 4. The molecule has 2 heterocycles. The van der Waals surface area contributed by atoms with Crippen molar-refractivity contribution in [3.05, 3.63) is 99.7 Å². The highest BCUT2D eigenvalue weighted by molar-refractivity contribution is 6.52. The van der Waals surface area contributed by atoms with E-state index in [2.05, 4.69) is 4.98 Å². The third-order valence-corrected chi connectivity index (χ3v) is 7.10. The summed E-state index contributed by atoms with van der Waals surface area (Å²) in [5.41, 5.74) is 6.55. The van der Waals surface area contributed by atoms with Gasteiger partial charge in [0.05, 0.1) is 18.7 Å². The van der Waals surface area contributed by atoms with Crippen LogP contribution in [0.15, 0.2) is 66.2 Å². The lowest BCUT2D eigenvalue weighted by atomic mass is 9.92. The summed E-state index contributed by atoms with van der Waals surface area (Å²) in [7, 11) is 1.58. The van der Waals surface area contributed by atoms with Gasteiger partial charge >= 0.3 is 0 Å². The van der Waals surface area contributed by atoms with E-state index in [1.807, 2.05) is 70.2 Å². The molecule has 1 aromatic heterocycles. The molecular weight excluding hydrogens is 452 g/mol. The lowest BCUT2D eigenvalue weighted by Gasteiger charge is -2.26. The van der Waals surface area contributed by atoms with Gasteiger partial charge in [0.1, 0.15) is 11.5 Å². The van der Waals surface area contributed by atoms with Gasteiger partial charge in [0.15, 0.2) is 0 Å². The lowest BCUT2D eigenvalue weighted by molar-refractivity contribution is -0.132. The molecule has 3 aromatic carbocycles.